The second-order valence-electron chi connectivity index (χ2n) is 6.25. The fourth-order valence-corrected chi connectivity index (χ4v) is 3.41. The van der Waals surface area contributed by atoms with Gasteiger partial charge in [0, 0.05) is 19.4 Å². The van der Waals surface area contributed by atoms with Crippen LogP contribution in [0.4, 0.5) is 0 Å². The van der Waals surface area contributed by atoms with Crippen molar-refractivity contribution in [2.75, 3.05) is 13.1 Å². The molecule has 2 aliphatic heterocycles. The number of nitrogens with one attached hydrogen (secondary N) is 1. The van der Waals surface area contributed by atoms with Gasteiger partial charge < -0.3 is 15.0 Å². The molecule has 2 amide bonds. The number of piperidine rings is 1. The van der Waals surface area contributed by atoms with Gasteiger partial charge in [-0.25, -0.2) is 0 Å². The molecule has 1 saturated heterocycles. The Labute approximate surface area is 137 Å². The molecular formula is C18H24N2O3. The molecule has 2 heterocycles. The maximum absolute atomic E-state index is 12.5. The van der Waals surface area contributed by atoms with Gasteiger partial charge in [-0.15, -0.1) is 0 Å². The van der Waals surface area contributed by atoms with E-state index in [-0.39, 0.29) is 24.0 Å². The highest BCUT2D eigenvalue weighted by Crippen LogP contribution is 2.27. The minimum absolute atomic E-state index is 0.0183. The molecule has 0 radical (unpaired) electrons. The standard InChI is InChI=1S/C18H24N2O3/c1-2-17(21)20-10-6-5-8-15(20)18(22)19-12-14-11-13-7-3-4-9-16(13)23-14/h3-4,7,9,14-15H,2,5-6,8,10-12H2,1H3,(H,19,22)/t14-,15+/m0/s1. The minimum atomic E-state index is -0.319. The van der Waals surface area contributed by atoms with Crippen LogP contribution in [0, 0.1) is 0 Å². The molecule has 0 aromatic heterocycles. The number of carbonyl (C=O) groups excluding carboxylic acids is 2. The van der Waals surface area contributed by atoms with Crippen molar-refractivity contribution in [1.29, 1.82) is 0 Å². The number of rotatable bonds is 4. The van der Waals surface area contributed by atoms with Gasteiger partial charge in [-0.1, -0.05) is 25.1 Å². The van der Waals surface area contributed by atoms with Crippen molar-refractivity contribution in [3.8, 4) is 5.75 Å². The van der Waals surface area contributed by atoms with Gasteiger partial charge in [-0.2, -0.15) is 0 Å². The molecule has 1 N–H and O–H groups in total. The van der Waals surface area contributed by atoms with Crippen LogP contribution in [-0.2, 0) is 16.0 Å². The fourth-order valence-electron chi connectivity index (χ4n) is 3.41. The van der Waals surface area contributed by atoms with Crippen LogP contribution >= 0.6 is 0 Å². The average molecular weight is 316 g/mol. The van der Waals surface area contributed by atoms with Crippen molar-refractivity contribution in [1.82, 2.24) is 10.2 Å². The summed E-state index contributed by atoms with van der Waals surface area (Å²) in [6.45, 7) is 3.02. The van der Waals surface area contributed by atoms with Crippen LogP contribution in [-0.4, -0.2) is 41.9 Å². The van der Waals surface area contributed by atoms with Gasteiger partial charge in [-0.3, -0.25) is 9.59 Å². The zero-order valence-electron chi connectivity index (χ0n) is 13.6. The van der Waals surface area contributed by atoms with E-state index in [1.807, 2.05) is 25.1 Å². The van der Waals surface area contributed by atoms with E-state index in [2.05, 4.69) is 11.4 Å². The van der Waals surface area contributed by atoms with Crippen LogP contribution in [0.3, 0.4) is 0 Å². The number of fused-ring (bicyclic) bond motifs is 1. The lowest BCUT2D eigenvalue weighted by molar-refractivity contribution is -0.142. The average Bonchev–Trinajstić information content (AvgIpc) is 3.02. The zero-order chi connectivity index (χ0) is 16.2. The number of benzene rings is 1. The quantitative estimate of drug-likeness (QED) is 0.923. The van der Waals surface area contributed by atoms with Crippen molar-refractivity contribution in [2.24, 2.45) is 0 Å². The highest BCUT2D eigenvalue weighted by atomic mass is 16.5. The number of hydrogen-bond donors (Lipinski definition) is 1. The number of para-hydroxylation sites is 1. The molecule has 0 unspecified atom stereocenters. The summed E-state index contributed by atoms with van der Waals surface area (Å²) in [4.78, 5) is 26.2. The topological polar surface area (TPSA) is 58.6 Å². The molecule has 5 heteroatoms. The number of carbonyl (C=O) groups is 2. The van der Waals surface area contributed by atoms with Crippen LogP contribution in [0.2, 0.25) is 0 Å². The summed E-state index contributed by atoms with van der Waals surface area (Å²) in [5.74, 6) is 0.924. The van der Waals surface area contributed by atoms with Gasteiger partial charge in [0.1, 0.15) is 17.9 Å². The minimum Gasteiger partial charge on any atom is -0.488 e. The molecule has 3 rings (SSSR count). The molecule has 2 atom stereocenters. The second-order valence-corrected chi connectivity index (χ2v) is 6.25. The van der Waals surface area contributed by atoms with E-state index in [1.54, 1.807) is 4.90 Å². The van der Waals surface area contributed by atoms with E-state index in [1.165, 1.54) is 5.56 Å². The van der Waals surface area contributed by atoms with E-state index in [0.717, 1.165) is 31.4 Å². The zero-order valence-corrected chi connectivity index (χ0v) is 13.6. The summed E-state index contributed by atoms with van der Waals surface area (Å²) in [7, 11) is 0. The van der Waals surface area contributed by atoms with E-state index in [4.69, 9.17) is 4.74 Å². The Morgan fingerprint density at radius 2 is 2.13 bits per heavy atom. The number of ether oxygens (including phenoxy) is 1. The number of hydrogen-bond acceptors (Lipinski definition) is 3. The SMILES string of the molecule is CCC(=O)N1CCCC[C@@H]1C(=O)NC[C@@H]1Cc2ccccc2O1. The van der Waals surface area contributed by atoms with Crippen LogP contribution in [0.5, 0.6) is 5.75 Å². The van der Waals surface area contributed by atoms with Crippen LogP contribution in [0.25, 0.3) is 0 Å². The lowest BCUT2D eigenvalue weighted by Crippen LogP contribution is -2.52. The number of amides is 2. The molecule has 2 aliphatic rings. The molecular weight excluding hydrogens is 292 g/mol. The Balaban J connectivity index is 1.54. The summed E-state index contributed by atoms with van der Waals surface area (Å²) >= 11 is 0. The summed E-state index contributed by atoms with van der Waals surface area (Å²) < 4.78 is 5.84. The highest BCUT2D eigenvalue weighted by molar-refractivity contribution is 5.87. The third-order valence-corrected chi connectivity index (χ3v) is 4.65. The molecule has 0 aliphatic carbocycles. The third-order valence-electron chi connectivity index (χ3n) is 4.65. The highest BCUT2D eigenvalue weighted by Gasteiger charge is 2.32. The lowest BCUT2D eigenvalue weighted by atomic mass is 10.0. The van der Waals surface area contributed by atoms with E-state index in [9.17, 15) is 9.59 Å². The Morgan fingerprint density at radius 1 is 1.30 bits per heavy atom. The molecule has 5 nitrogen and oxygen atoms in total. The summed E-state index contributed by atoms with van der Waals surface area (Å²) in [5.41, 5.74) is 1.19. The Hall–Kier alpha value is -2.04. The first-order chi connectivity index (χ1) is 11.2. The van der Waals surface area contributed by atoms with Crippen molar-refractivity contribution < 1.29 is 14.3 Å². The first-order valence-electron chi connectivity index (χ1n) is 8.50. The third kappa shape index (κ3) is 3.49. The van der Waals surface area contributed by atoms with Crippen molar-refractivity contribution in [2.45, 2.75) is 51.2 Å². The maximum Gasteiger partial charge on any atom is 0.242 e. The Bertz CT molecular complexity index is 562. The van der Waals surface area contributed by atoms with Gasteiger partial charge in [0.15, 0.2) is 0 Å². The predicted octanol–water partition coefficient (Wildman–Crippen LogP) is 1.90. The Kier molecular flexibility index (Phi) is 4.84. The monoisotopic (exact) mass is 316 g/mol. The van der Waals surface area contributed by atoms with Crippen molar-refractivity contribution >= 4 is 11.8 Å². The molecule has 1 fully saturated rings. The van der Waals surface area contributed by atoms with Gasteiger partial charge >= 0.3 is 0 Å². The first kappa shape index (κ1) is 15.8. The largest absolute Gasteiger partial charge is 0.488 e. The van der Waals surface area contributed by atoms with E-state index < -0.39 is 0 Å². The lowest BCUT2D eigenvalue weighted by Gasteiger charge is -2.34. The summed E-state index contributed by atoms with van der Waals surface area (Å²) in [6, 6.07) is 7.65. The van der Waals surface area contributed by atoms with Gasteiger partial charge in [0.2, 0.25) is 11.8 Å². The van der Waals surface area contributed by atoms with Crippen molar-refractivity contribution in [3.63, 3.8) is 0 Å². The molecule has 1 aromatic rings. The second kappa shape index (κ2) is 7.02. The first-order valence-corrected chi connectivity index (χ1v) is 8.50. The molecule has 1 aromatic carbocycles. The van der Waals surface area contributed by atoms with Gasteiger partial charge in [0.25, 0.3) is 0 Å². The van der Waals surface area contributed by atoms with Gasteiger partial charge in [0.05, 0.1) is 6.54 Å². The predicted molar refractivity (Wildman–Crippen MR) is 87.2 cm³/mol. The molecule has 0 bridgehead atoms. The van der Waals surface area contributed by atoms with E-state index in [0.29, 0.717) is 19.5 Å². The maximum atomic E-state index is 12.5. The normalized spacial score (nSPS) is 23.1. The van der Waals surface area contributed by atoms with Crippen molar-refractivity contribution in [3.05, 3.63) is 29.8 Å². The van der Waals surface area contributed by atoms with Crippen LogP contribution < -0.4 is 10.1 Å². The van der Waals surface area contributed by atoms with E-state index >= 15 is 0 Å². The number of likely N-dealkylation sites (tertiary alicyclic amines) is 1. The molecule has 124 valence electrons. The van der Waals surface area contributed by atoms with Gasteiger partial charge in [-0.05, 0) is 30.9 Å². The Morgan fingerprint density at radius 3 is 2.91 bits per heavy atom. The number of nitrogens with zero attached hydrogens (tertiary/aromatic N) is 1. The summed E-state index contributed by atoms with van der Waals surface area (Å²) in [6.07, 6.45) is 3.98. The smallest absolute Gasteiger partial charge is 0.242 e. The van der Waals surface area contributed by atoms with Crippen LogP contribution in [0.15, 0.2) is 24.3 Å². The summed E-state index contributed by atoms with van der Waals surface area (Å²) in [5, 5.41) is 2.98. The molecule has 0 spiro atoms. The van der Waals surface area contributed by atoms with Crippen LogP contribution in [0.1, 0.15) is 38.2 Å². The molecule has 0 saturated carbocycles. The fraction of sp³-hybridized carbons (Fsp3) is 0.556. The molecule has 23 heavy (non-hydrogen) atoms.